The highest BCUT2D eigenvalue weighted by molar-refractivity contribution is 5.96. The Labute approximate surface area is 123 Å². The largest absolute Gasteiger partial charge is 0.497 e. The Morgan fingerprint density at radius 1 is 1.10 bits per heavy atom. The van der Waals surface area contributed by atoms with E-state index in [-0.39, 0.29) is 12.5 Å². The second-order valence-electron chi connectivity index (χ2n) is 4.89. The molecule has 0 fully saturated rings. The Kier molecular flexibility index (Phi) is 3.77. The Hall–Kier alpha value is -2.49. The third-order valence-corrected chi connectivity index (χ3v) is 3.61. The second kappa shape index (κ2) is 5.87. The van der Waals surface area contributed by atoms with Gasteiger partial charge in [0.15, 0.2) is 6.61 Å². The van der Waals surface area contributed by atoms with Crippen molar-refractivity contribution < 1.29 is 14.3 Å². The van der Waals surface area contributed by atoms with Gasteiger partial charge in [-0.05, 0) is 42.3 Å². The normalized spacial score (nSPS) is 12.9. The molecule has 3 rings (SSSR count). The molecule has 1 aliphatic heterocycles. The summed E-state index contributed by atoms with van der Waals surface area (Å²) in [4.78, 5) is 14.1. The number of amides is 1. The maximum atomic E-state index is 12.3. The molecule has 4 heteroatoms. The highest BCUT2D eigenvalue weighted by Gasteiger charge is 2.24. The number of anilines is 1. The van der Waals surface area contributed by atoms with E-state index >= 15 is 0 Å². The van der Waals surface area contributed by atoms with Crippen molar-refractivity contribution in [1.82, 2.24) is 0 Å². The predicted molar refractivity (Wildman–Crippen MR) is 81.0 cm³/mol. The molecule has 0 saturated heterocycles. The molecular formula is C17H17NO3. The van der Waals surface area contributed by atoms with Gasteiger partial charge in [0.05, 0.1) is 7.11 Å². The van der Waals surface area contributed by atoms with Gasteiger partial charge in [0.25, 0.3) is 5.91 Å². The number of carbonyl (C=O) groups excluding carboxylic acids is 1. The van der Waals surface area contributed by atoms with Crippen molar-refractivity contribution in [2.45, 2.75) is 6.42 Å². The van der Waals surface area contributed by atoms with Crippen molar-refractivity contribution in [2.75, 3.05) is 25.2 Å². The first-order valence-electron chi connectivity index (χ1n) is 6.93. The predicted octanol–water partition coefficient (Wildman–Crippen LogP) is 2.66. The molecule has 0 radical (unpaired) electrons. The number of hydrogen-bond donors (Lipinski definition) is 0. The lowest BCUT2D eigenvalue weighted by molar-refractivity contribution is -0.120. The standard InChI is InChI=1S/C17H17NO3/c1-20-14-6-8-15(9-7-14)21-12-17(19)18-11-10-13-4-2-3-5-16(13)18/h2-9H,10-12H2,1H3. The van der Waals surface area contributed by atoms with Gasteiger partial charge < -0.3 is 14.4 Å². The van der Waals surface area contributed by atoms with Gasteiger partial charge in [-0.3, -0.25) is 4.79 Å². The summed E-state index contributed by atoms with van der Waals surface area (Å²) in [5.74, 6) is 1.41. The molecule has 0 N–H and O–H groups in total. The summed E-state index contributed by atoms with van der Waals surface area (Å²) in [6.07, 6.45) is 0.907. The van der Waals surface area contributed by atoms with Crippen LogP contribution in [0.5, 0.6) is 11.5 Å². The summed E-state index contributed by atoms with van der Waals surface area (Å²) >= 11 is 0. The van der Waals surface area contributed by atoms with Crippen molar-refractivity contribution in [3.05, 3.63) is 54.1 Å². The molecule has 1 heterocycles. The Morgan fingerprint density at radius 3 is 2.57 bits per heavy atom. The molecule has 108 valence electrons. The Bertz CT molecular complexity index is 637. The topological polar surface area (TPSA) is 38.8 Å². The fourth-order valence-corrected chi connectivity index (χ4v) is 2.49. The second-order valence-corrected chi connectivity index (χ2v) is 4.89. The highest BCUT2D eigenvalue weighted by Crippen LogP contribution is 2.27. The van der Waals surface area contributed by atoms with E-state index in [1.165, 1.54) is 5.56 Å². The number of benzene rings is 2. The van der Waals surface area contributed by atoms with Crippen LogP contribution in [-0.2, 0) is 11.2 Å². The van der Waals surface area contributed by atoms with E-state index in [2.05, 4.69) is 6.07 Å². The molecule has 2 aromatic carbocycles. The molecular weight excluding hydrogens is 266 g/mol. The van der Waals surface area contributed by atoms with Crippen molar-refractivity contribution in [1.29, 1.82) is 0 Å². The number of methoxy groups -OCH3 is 1. The average molecular weight is 283 g/mol. The van der Waals surface area contributed by atoms with E-state index in [1.54, 1.807) is 24.1 Å². The van der Waals surface area contributed by atoms with Gasteiger partial charge in [-0.2, -0.15) is 0 Å². The number of ether oxygens (including phenoxy) is 2. The van der Waals surface area contributed by atoms with Crippen molar-refractivity contribution in [3.63, 3.8) is 0 Å². The number of rotatable bonds is 4. The Balaban J connectivity index is 1.62. The van der Waals surface area contributed by atoms with Crippen LogP contribution in [-0.4, -0.2) is 26.2 Å². The molecule has 0 aromatic heterocycles. The van der Waals surface area contributed by atoms with E-state index in [0.29, 0.717) is 5.75 Å². The molecule has 1 amide bonds. The van der Waals surface area contributed by atoms with Crippen LogP contribution in [0.3, 0.4) is 0 Å². The molecule has 0 atom stereocenters. The molecule has 0 saturated carbocycles. The summed E-state index contributed by atoms with van der Waals surface area (Å²) in [7, 11) is 1.62. The van der Waals surface area contributed by atoms with E-state index in [4.69, 9.17) is 9.47 Å². The maximum absolute atomic E-state index is 12.3. The molecule has 0 aliphatic carbocycles. The summed E-state index contributed by atoms with van der Waals surface area (Å²) in [5, 5.41) is 0. The number of nitrogens with zero attached hydrogens (tertiary/aromatic N) is 1. The molecule has 1 aliphatic rings. The lowest BCUT2D eigenvalue weighted by Gasteiger charge is -2.17. The number of hydrogen-bond acceptors (Lipinski definition) is 3. The van der Waals surface area contributed by atoms with Gasteiger partial charge in [-0.1, -0.05) is 18.2 Å². The number of para-hydroxylation sites is 1. The summed E-state index contributed by atoms with van der Waals surface area (Å²) in [5.41, 5.74) is 2.22. The lowest BCUT2D eigenvalue weighted by atomic mass is 10.2. The SMILES string of the molecule is COc1ccc(OCC(=O)N2CCc3ccccc32)cc1. The monoisotopic (exact) mass is 283 g/mol. The van der Waals surface area contributed by atoms with Crippen LogP contribution in [0.2, 0.25) is 0 Å². The van der Waals surface area contributed by atoms with Gasteiger partial charge in [0, 0.05) is 12.2 Å². The van der Waals surface area contributed by atoms with Gasteiger partial charge >= 0.3 is 0 Å². The van der Waals surface area contributed by atoms with Crippen LogP contribution in [0.15, 0.2) is 48.5 Å². The van der Waals surface area contributed by atoms with Gasteiger partial charge in [0.1, 0.15) is 11.5 Å². The van der Waals surface area contributed by atoms with E-state index < -0.39 is 0 Å². The molecule has 2 aromatic rings. The first-order valence-corrected chi connectivity index (χ1v) is 6.93. The van der Waals surface area contributed by atoms with Crippen LogP contribution in [0.4, 0.5) is 5.69 Å². The fraction of sp³-hybridized carbons (Fsp3) is 0.235. The molecule has 0 spiro atoms. The maximum Gasteiger partial charge on any atom is 0.264 e. The summed E-state index contributed by atoms with van der Waals surface area (Å²) in [6, 6.07) is 15.2. The first kappa shape index (κ1) is 13.5. The third-order valence-electron chi connectivity index (χ3n) is 3.61. The van der Waals surface area contributed by atoms with Gasteiger partial charge in [-0.15, -0.1) is 0 Å². The van der Waals surface area contributed by atoms with Crippen LogP contribution in [0.1, 0.15) is 5.56 Å². The average Bonchev–Trinajstić information content (AvgIpc) is 2.97. The van der Waals surface area contributed by atoms with E-state index in [0.717, 1.165) is 24.4 Å². The zero-order valence-corrected chi connectivity index (χ0v) is 11.9. The minimum absolute atomic E-state index is 0.0178. The molecule has 4 nitrogen and oxygen atoms in total. The van der Waals surface area contributed by atoms with Crippen LogP contribution in [0, 0.1) is 0 Å². The molecule has 0 bridgehead atoms. The van der Waals surface area contributed by atoms with Crippen molar-refractivity contribution >= 4 is 11.6 Å². The Morgan fingerprint density at radius 2 is 1.81 bits per heavy atom. The van der Waals surface area contributed by atoms with Crippen LogP contribution in [0.25, 0.3) is 0 Å². The number of fused-ring (bicyclic) bond motifs is 1. The minimum Gasteiger partial charge on any atom is -0.497 e. The summed E-state index contributed by atoms with van der Waals surface area (Å²) in [6.45, 7) is 0.769. The summed E-state index contributed by atoms with van der Waals surface area (Å²) < 4.78 is 10.6. The number of carbonyl (C=O) groups is 1. The fourth-order valence-electron chi connectivity index (χ4n) is 2.49. The quantitative estimate of drug-likeness (QED) is 0.866. The van der Waals surface area contributed by atoms with Gasteiger partial charge in [-0.25, -0.2) is 0 Å². The zero-order valence-electron chi connectivity index (χ0n) is 11.9. The minimum atomic E-state index is -0.0178. The van der Waals surface area contributed by atoms with E-state index in [9.17, 15) is 4.79 Å². The molecule has 21 heavy (non-hydrogen) atoms. The lowest BCUT2D eigenvalue weighted by Crippen LogP contribution is -2.33. The first-order chi connectivity index (χ1) is 10.3. The van der Waals surface area contributed by atoms with E-state index in [1.807, 2.05) is 30.3 Å². The zero-order chi connectivity index (χ0) is 14.7. The van der Waals surface area contributed by atoms with Crippen molar-refractivity contribution in [3.8, 4) is 11.5 Å². The third kappa shape index (κ3) is 2.84. The highest BCUT2D eigenvalue weighted by atomic mass is 16.5. The smallest absolute Gasteiger partial charge is 0.264 e. The molecule has 0 unspecified atom stereocenters. The van der Waals surface area contributed by atoms with Crippen LogP contribution < -0.4 is 14.4 Å². The van der Waals surface area contributed by atoms with Crippen molar-refractivity contribution in [2.24, 2.45) is 0 Å². The van der Waals surface area contributed by atoms with Crippen LogP contribution >= 0.6 is 0 Å². The van der Waals surface area contributed by atoms with Gasteiger partial charge in [0.2, 0.25) is 0 Å².